The fourth-order valence-corrected chi connectivity index (χ4v) is 5.32. The minimum absolute atomic E-state index is 0.0366. The number of carbonyl (C=O) groups is 1. The summed E-state index contributed by atoms with van der Waals surface area (Å²) < 4.78 is 32.5. The number of nitrogens with one attached hydrogen (secondary N) is 1. The van der Waals surface area contributed by atoms with E-state index in [0.717, 1.165) is 11.3 Å². The number of hydrogen-bond donors (Lipinski definition) is 1. The van der Waals surface area contributed by atoms with Crippen molar-refractivity contribution in [1.82, 2.24) is 9.29 Å². The van der Waals surface area contributed by atoms with E-state index in [9.17, 15) is 13.2 Å². The van der Waals surface area contributed by atoms with Gasteiger partial charge in [-0.1, -0.05) is 44.2 Å². The third kappa shape index (κ3) is 4.53. The van der Waals surface area contributed by atoms with Gasteiger partial charge in [0.25, 0.3) is 5.91 Å². The zero-order valence-electron chi connectivity index (χ0n) is 17.0. The molecule has 1 aromatic heterocycles. The van der Waals surface area contributed by atoms with Crippen LogP contribution < -0.4 is 10.1 Å². The average Bonchev–Trinajstić information content (AvgIpc) is 3.23. The molecule has 3 rings (SSSR count). The van der Waals surface area contributed by atoms with Crippen LogP contribution in [0.25, 0.3) is 11.3 Å². The molecule has 1 N–H and O–H groups in total. The maximum Gasteiger partial charge on any atom is 0.257 e. The summed E-state index contributed by atoms with van der Waals surface area (Å²) >= 11 is 1.30. The molecule has 2 aromatic carbocycles. The van der Waals surface area contributed by atoms with E-state index in [0.29, 0.717) is 18.2 Å². The van der Waals surface area contributed by atoms with E-state index in [1.165, 1.54) is 41.0 Å². The standard InChI is InChI=1S/C21H23N3O4S2/c1-4-24(5-2)30(26,27)19-13-16(11-12-18(19)28-3)20(25)23-21-22-17(14-29-21)15-9-7-6-8-10-15/h6-14H,4-5H2,1-3H3,(H,22,23,25). The van der Waals surface area contributed by atoms with Crippen LogP contribution in [0.15, 0.2) is 58.8 Å². The first kappa shape index (κ1) is 21.9. The van der Waals surface area contributed by atoms with Gasteiger partial charge in [0.05, 0.1) is 12.8 Å². The minimum Gasteiger partial charge on any atom is -0.495 e. The highest BCUT2D eigenvalue weighted by molar-refractivity contribution is 7.89. The molecule has 3 aromatic rings. The smallest absolute Gasteiger partial charge is 0.257 e. The third-order valence-corrected chi connectivity index (χ3v) is 7.37. The van der Waals surface area contributed by atoms with Gasteiger partial charge in [-0.15, -0.1) is 11.3 Å². The van der Waals surface area contributed by atoms with Crippen molar-refractivity contribution in [2.45, 2.75) is 18.7 Å². The summed E-state index contributed by atoms with van der Waals surface area (Å²) in [5, 5.41) is 5.03. The number of anilines is 1. The Bertz CT molecular complexity index is 1120. The van der Waals surface area contributed by atoms with Crippen LogP contribution in [0.2, 0.25) is 0 Å². The molecule has 0 saturated carbocycles. The van der Waals surface area contributed by atoms with Crippen molar-refractivity contribution in [2.24, 2.45) is 0 Å². The molecule has 0 aliphatic heterocycles. The quantitative estimate of drug-likeness (QED) is 0.564. The van der Waals surface area contributed by atoms with Crippen molar-refractivity contribution in [3.8, 4) is 17.0 Å². The van der Waals surface area contributed by atoms with Crippen molar-refractivity contribution in [2.75, 3.05) is 25.5 Å². The number of rotatable bonds is 8. The van der Waals surface area contributed by atoms with E-state index in [1.807, 2.05) is 35.7 Å². The van der Waals surface area contributed by atoms with E-state index in [1.54, 1.807) is 13.8 Å². The van der Waals surface area contributed by atoms with Gasteiger partial charge in [-0.25, -0.2) is 13.4 Å². The summed E-state index contributed by atoms with van der Waals surface area (Å²) in [6.45, 7) is 4.16. The Morgan fingerprint density at radius 1 is 1.13 bits per heavy atom. The van der Waals surface area contributed by atoms with Gasteiger partial charge in [-0.05, 0) is 18.2 Å². The van der Waals surface area contributed by atoms with Gasteiger partial charge in [0.15, 0.2) is 5.13 Å². The molecule has 0 saturated heterocycles. The molecule has 0 aliphatic carbocycles. The number of carbonyl (C=O) groups excluding carboxylic acids is 1. The second-order valence-electron chi connectivity index (χ2n) is 6.31. The van der Waals surface area contributed by atoms with Crippen molar-refractivity contribution in [1.29, 1.82) is 0 Å². The van der Waals surface area contributed by atoms with E-state index >= 15 is 0 Å². The predicted molar refractivity (Wildman–Crippen MR) is 119 cm³/mol. The summed E-state index contributed by atoms with van der Waals surface area (Å²) in [6, 6.07) is 14.0. The van der Waals surface area contributed by atoms with Crippen LogP contribution in [-0.2, 0) is 10.0 Å². The van der Waals surface area contributed by atoms with Gasteiger partial charge in [0.1, 0.15) is 10.6 Å². The molecule has 30 heavy (non-hydrogen) atoms. The van der Waals surface area contributed by atoms with Gasteiger partial charge in [-0.3, -0.25) is 10.1 Å². The van der Waals surface area contributed by atoms with Crippen LogP contribution in [0.5, 0.6) is 5.75 Å². The largest absolute Gasteiger partial charge is 0.495 e. The summed E-state index contributed by atoms with van der Waals surface area (Å²) in [5.74, 6) is -0.248. The summed E-state index contributed by atoms with van der Waals surface area (Å²) in [5.41, 5.74) is 1.92. The zero-order chi connectivity index (χ0) is 21.7. The Balaban J connectivity index is 1.88. The Labute approximate surface area is 180 Å². The Morgan fingerprint density at radius 2 is 1.83 bits per heavy atom. The predicted octanol–water partition coefficient (Wildman–Crippen LogP) is 4.10. The minimum atomic E-state index is -3.79. The fourth-order valence-electron chi connectivity index (χ4n) is 2.96. The van der Waals surface area contributed by atoms with E-state index in [-0.39, 0.29) is 16.2 Å². The Kier molecular flexibility index (Phi) is 6.86. The van der Waals surface area contributed by atoms with Crippen LogP contribution in [0.4, 0.5) is 5.13 Å². The topological polar surface area (TPSA) is 88.6 Å². The highest BCUT2D eigenvalue weighted by atomic mass is 32.2. The summed E-state index contributed by atoms with van der Waals surface area (Å²) in [7, 11) is -2.39. The molecular formula is C21H23N3O4S2. The van der Waals surface area contributed by atoms with Crippen molar-refractivity contribution in [3.63, 3.8) is 0 Å². The second-order valence-corrected chi connectivity index (χ2v) is 9.08. The number of sulfonamides is 1. The van der Waals surface area contributed by atoms with Crippen molar-refractivity contribution >= 4 is 32.4 Å². The third-order valence-electron chi connectivity index (χ3n) is 4.54. The van der Waals surface area contributed by atoms with E-state index in [4.69, 9.17) is 4.74 Å². The van der Waals surface area contributed by atoms with Gasteiger partial charge >= 0.3 is 0 Å². The summed E-state index contributed by atoms with van der Waals surface area (Å²) in [6.07, 6.45) is 0. The van der Waals surface area contributed by atoms with Gasteiger partial charge in [0.2, 0.25) is 10.0 Å². The normalized spacial score (nSPS) is 11.5. The molecule has 0 atom stereocenters. The Hall–Kier alpha value is -2.75. The molecule has 0 aliphatic rings. The number of aromatic nitrogens is 1. The van der Waals surface area contributed by atoms with Crippen LogP contribution >= 0.6 is 11.3 Å². The molecule has 0 radical (unpaired) electrons. The number of nitrogens with zero attached hydrogens (tertiary/aromatic N) is 2. The summed E-state index contributed by atoms with van der Waals surface area (Å²) in [4.78, 5) is 17.2. The lowest BCUT2D eigenvalue weighted by molar-refractivity contribution is 0.102. The highest BCUT2D eigenvalue weighted by Crippen LogP contribution is 2.29. The maximum atomic E-state index is 13.0. The first-order valence-electron chi connectivity index (χ1n) is 9.41. The number of ether oxygens (including phenoxy) is 1. The fraction of sp³-hybridized carbons (Fsp3) is 0.238. The van der Waals surface area contributed by atoms with Gasteiger partial charge in [0, 0.05) is 29.6 Å². The SMILES string of the molecule is CCN(CC)S(=O)(=O)c1cc(C(=O)Nc2nc(-c3ccccc3)cs2)ccc1OC. The highest BCUT2D eigenvalue weighted by Gasteiger charge is 2.27. The molecule has 0 bridgehead atoms. The lowest BCUT2D eigenvalue weighted by atomic mass is 10.2. The van der Waals surface area contributed by atoms with E-state index < -0.39 is 15.9 Å². The molecule has 158 valence electrons. The van der Waals surface area contributed by atoms with Gasteiger partial charge < -0.3 is 4.74 Å². The van der Waals surface area contributed by atoms with Crippen molar-refractivity contribution < 1.29 is 17.9 Å². The first-order chi connectivity index (χ1) is 14.4. The van der Waals surface area contributed by atoms with E-state index in [2.05, 4.69) is 10.3 Å². The van der Waals surface area contributed by atoms with Crippen LogP contribution in [0.3, 0.4) is 0 Å². The number of hydrogen-bond acceptors (Lipinski definition) is 6. The van der Waals surface area contributed by atoms with Crippen LogP contribution in [0, 0.1) is 0 Å². The van der Waals surface area contributed by atoms with Crippen LogP contribution in [-0.4, -0.2) is 43.8 Å². The number of benzene rings is 2. The molecule has 1 amide bonds. The Morgan fingerprint density at radius 3 is 2.47 bits per heavy atom. The molecule has 0 unspecified atom stereocenters. The second kappa shape index (κ2) is 9.38. The molecule has 1 heterocycles. The average molecular weight is 446 g/mol. The van der Waals surface area contributed by atoms with Crippen LogP contribution in [0.1, 0.15) is 24.2 Å². The number of methoxy groups -OCH3 is 1. The molecule has 7 nitrogen and oxygen atoms in total. The first-order valence-corrected chi connectivity index (χ1v) is 11.7. The lowest BCUT2D eigenvalue weighted by Gasteiger charge is -2.20. The van der Waals surface area contributed by atoms with Gasteiger partial charge in [-0.2, -0.15) is 4.31 Å². The molecule has 9 heteroatoms. The maximum absolute atomic E-state index is 13.0. The number of amides is 1. The molecular weight excluding hydrogens is 422 g/mol. The monoisotopic (exact) mass is 445 g/mol. The number of thiazole rings is 1. The lowest BCUT2D eigenvalue weighted by Crippen LogP contribution is -2.31. The van der Waals surface area contributed by atoms with Crippen molar-refractivity contribution in [3.05, 3.63) is 59.5 Å². The molecule has 0 spiro atoms. The zero-order valence-corrected chi connectivity index (χ0v) is 18.6. The molecule has 0 fully saturated rings.